The lowest BCUT2D eigenvalue weighted by Crippen LogP contribution is -2.47. The lowest BCUT2D eigenvalue weighted by Gasteiger charge is -2.17. The fourth-order valence-corrected chi connectivity index (χ4v) is 0.843. The number of ether oxygens (including phenoxy) is 1. The topological polar surface area (TPSA) is 80.1 Å². The van der Waals surface area contributed by atoms with Crippen molar-refractivity contribution in [1.82, 2.24) is 10.0 Å². The molecule has 6 heteroatoms. The molecule has 6 nitrogen and oxygen atoms in total. The van der Waals surface area contributed by atoms with Crippen LogP contribution in [0.5, 0.6) is 0 Å². The molecule has 0 fully saturated rings. The number of rotatable bonds is 0. The number of nitrogens with zero attached hydrogens (tertiary/aromatic N) is 3. The summed E-state index contributed by atoms with van der Waals surface area (Å²) in [6, 6.07) is 0.426. The van der Waals surface area contributed by atoms with Gasteiger partial charge in [0, 0.05) is 6.20 Å². The Kier molecular flexibility index (Phi) is 0.889. The van der Waals surface area contributed by atoms with E-state index in [4.69, 9.17) is 16.3 Å². The van der Waals surface area contributed by atoms with Gasteiger partial charge in [0.2, 0.25) is 0 Å². The SMILES string of the molecule is NC1N(N)N=C2OC=CN21. The second kappa shape index (κ2) is 1.61. The summed E-state index contributed by atoms with van der Waals surface area (Å²) in [4.78, 5) is 1.62. The number of hydrazine groups is 1. The minimum atomic E-state index is -0.436. The minimum Gasteiger partial charge on any atom is -0.431 e. The van der Waals surface area contributed by atoms with E-state index in [2.05, 4.69) is 5.10 Å². The molecule has 10 heavy (non-hydrogen) atoms. The van der Waals surface area contributed by atoms with Crippen LogP contribution in [-0.2, 0) is 4.74 Å². The Labute approximate surface area is 57.3 Å². The summed E-state index contributed by atoms with van der Waals surface area (Å²) < 4.78 is 4.91. The molecule has 0 aliphatic carbocycles. The third-order valence-electron chi connectivity index (χ3n) is 1.37. The average Bonchev–Trinajstić information content (AvgIpc) is 2.41. The summed E-state index contributed by atoms with van der Waals surface area (Å²) in [7, 11) is 0. The van der Waals surface area contributed by atoms with E-state index in [-0.39, 0.29) is 0 Å². The van der Waals surface area contributed by atoms with Crippen molar-refractivity contribution in [2.75, 3.05) is 0 Å². The second-order valence-electron chi connectivity index (χ2n) is 1.99. The molecule has 4 N–H and O–H groups in total. The summed E-state index contributed by atoms with van der Waals surface area (Å²) in [5.41, 5.74) is 5.54. The maximum atomic E-state index is 5.54. The molecule has 0 spiro atoms. The number of hydrogen-bond donors (Lipinski definition) is 2. The highest BCUT2D eigenvalue weighted by Gasteiger charge is 2.32. The Hall–Kier alpha value is -1.27. The van der Waals surface area contributed by atoms with Crippen LogP contribution in [0.3, 0.4) is 0 Å². The van der Waals surface area contributed by atoms with Gasteiger partial charge >= 0.3 is 6.02 Å². The van der Waals surface area contributed by atoms with E-state index >= 15 is 0 Å². The zero-order valence-electron chi connectivity index (χ0n) is 5.14. The number of hydrogen-bond acceptors (Lipinski definition) is 6. The van der Waals surface area contributed by atoms with Crippen LogP contribution in [0.15, 0.2) is 17.6 Å². The van der Waals surface area contributed by atoms with Crippen LogP contribution in [0.25, 0.3) is 0 Å². The Balaban J connectivity index is 2.27. The molecule has 54 valence electrons. The van der Waals surface area contributed by atoms with Gasteiger partial charge in [-0.15, -0.1) is 5.10 Å². The number of nitrogens with two attached hydrogens (primary N) is 2. The molecule has 1 atom stereocenters. The molecule has 2 heterocycles. The Bertz CT molecular complexity index is 212. The molecule has 0 saturated carbocycles. The van der Waals surface area contributed by atoms with Gasteiger partial charge < -0.3 is 4.74 Å². The summed E-state index contributed by atoms with van der Waals surface area (Å²) >= 11 is 0. The molecule has 0 aromatic rings. The number of fused-ring (bicyclic) bond motifs is 1. The first-order valence-electron chi connectivity index (χ1n) is 2.79. The zero-order valence-corrected chi connectivity index (χ0v) is 5.14. The lowest BCUT2D eigenvalue weighted by molar-refractivity contribution is 0.166. The van der Waals surface area contributed by atoms with Gasteiger partial charge in [0.1, 0.15) is 6.26 Å². The van der Waals surface area contributed by atoms with E-state index < -0.39 is 6.29 Å². The van der Waals surface area contributed by atoms with E-state index in [1.807, 2.05) is 0 Å². The largest absolute Gasteiger partial charge is 0.431 e. The predicted molar refractivity (Wildman–Crippen MR) is 33.5 cm³/mol. The van der Waals surface area contributed by atoms with Gasteiger partial charge in [-0.2, -0.15) is 5.12 Å². The van der Waals surface area contributed by atoms with Crippen molar-refractivity contribution in [3.63, 3.8) is 0 Å². The minimum absolute atomic E-state index is 0.426. The van der Waals surface area contributed by atoms with Crippen LogP contribution in [-0.4, -0.2) is 22.3 Å². The van der Waals surface area contributed by atoms with Gasteiger partial charge in [-0.25, -0.2) is 5.84 Å². The first-order chi connectivity index (χ1) is 4.79. The van der Waals surface area contributed by atoms with Crippen LogP contribution < -0.4 is 11.6 Å². The smallest absolute Gasteiger partial charge is 0.322 e. The quantitative estimate of drug-likeness (QED) is 0.401. The van der Waals surface area contributed by atoms with E-state index in [0.29, 0.717) is 6.02 Å². The monoisotopic (exact) mass is 141 g/mol. The van der Waals surface area contributed by atoms with Crippen molar-refractivity contribution in [3.05, 3.63) is 12.5 Å². The van der Waals surface area contributed by atoms with Crippen LogP contribution in [0.4, 0.5) is 0 Å². The van der Waals surface area contributed by atoms with Gasteiger partial charge in [0.15, 0.2) is 6.29 Å². The van der Waals surface area contributed by atoms with Crippen molar-refractivity contribution in [3.8, 4) is 0 Å². The Morgan fingerprint density at radius 1 is 1.70 bits per heavy atom. The molecule has 0 aromatic carbocycles. The molecule has 0 bridgehead atoms. The van der Waals surface area contributed by atoms with Gasteiger partial charge in [0.25, 0.3) is 0 Å². The third-order valence-corrected chi connectivity index (χ3v) is 1.37. The molecule has 0 amide bonds. The highest BCUT2D eigenvalue weighted by molar-refractivity contribution is 5.78. The van der Waals surface area contributed by atoms with Crippen LogP contribution in [0, 0.1) is 0 Å². The van der Waals surface area contributed by atoms with Crippen molar-refractivity contribution >= 4 is 6.02 Å². The van der Waals surface area contributed by atoms with Crippen molar-refractivity contribution in [2.45, 2.75) is 6.29 Å². The normalized spacial score (nSPS) is 28.6. The highest BCUT2D eigenvalue weighted by Crippen LogP contribution is 2.14. The zero-order chi connectivity index (χ0) is 7.14. The maximum absolute atomic E-state index is 5.54. The molecule has 0 saturated heterocycles. The van der Waals surface area contributed by atoms with E-state index in [1.54, 1.807) is 11.1 Å². The predicted octanol–water partition coefficient (Wildman–Crippen LogP) is -1.51. The van der Waals surface area contributed by atoms with Crippen LogP contribution >= 0.6 is 0 Å². The fourth-order valence-electron chi connectivity index (χ4n) is 0.843. The standard InChI is InChI=1S/C4H7N5O/c5-3-8-1-2-10-4(8)7-9(3)6/h1-3H,5-6H2. The molecule has 2 aliphatic heterocycles. The number of amidine groups is 1. The van der Waals surface area contributed by atoms with Gasteiger partial charge in [-0.05, 0) is 0 Å². The first kappa shape index (κ1) is 5.51. The Morgan fingerprint density at radius 3 is 3.20 bits per heavy atom. The maximum Gasteiger partial charge on any atom is 0.322 e. The molecular weight excluding hydrogens is 134 g/mol. The summed E-state index contributed by atoms with van der Waals surface area (Å²) in [6.45, 7) is 0. The van der Waals surface area contributed by atoms with Gasteiger partial charge in [0.05, 0.1) is 0 Å². The molecule has 0 radical (unpaired) electrons. The van der Waals surface area contributed by atoms with E-state index in [0.717, 1.165) is 5.12 Å². The summed E-state index contributed by atoms with van der Waals surface area (Å²) in [6.07, 6.45) is 2.75. The lowest BCUT2D eigenvalue weighted by atomic mass is 10.7. The highest BCUT2D eigenvalue weighted by atomic mass is 16.5. The van der Waals surface area contributed by atoms with Crippen LogP contribution in [0.2, 0.25) is 0 Å². The second-order valence-corrected chi connectivity index (χ2v) is 1.99. The van der Waals surface area contributed by atoms with E-state index in [9.17, 15) is 0 Å². The summed E-state index contributed by atoms with van der Waals surface area (Å²) in [5.74, 6) is 5.33. The van der Waals surface area contributed by atoms with Crippen molar-refractivity contribution in [1.29, 1.82) is 0 Å². The molecular formula is C4H7N5O. The first-order valence-corrected chi connectivity index (χ1v) is 2.79. The van der Waals surface area contributed by atoms with Gasteiger partial charge in [-0.3, -0.25) is 10.6 Å². The van der Waals surface area contributed by atoms with Gasteiger partial charge in [-0.1, -0.05) is 0 Å². The fraction of sp³-hybridized carbons (Fsp3) is 0.250. The Morgan fingerprint density at radius 2 is 2.50 bits per heavy atom. The van der Waals surface area contributed by atoms with E-state index in [1.165, 1.54) is 6.26 Å². The van der Waals surface area contributed by atoms with Crippen molar-refractivity contribution in [2.24, 2.45) is 16.7 Å². The molecule has 0 aromatic heterocycles. The number of hydrazone groups is 1. The van der Waals surface area contributed by atoms with Crippen LogP contribution in [0.1, 0.15) is 0 Å². The third kappa shape index (κ3) is 0.514. The molecule has 2 aliphatic rings. The van der Waals surface area contributed by atoms with Crippen molar-refractivity contribution < 1.29 is 4.74 Å². The summed E-state index contributed by atoms with van der Waals surface area (Å²) in [5, 5.41) is 4.91. The molecule has 1 unspecified atom stereocenters. The average molecular weight is 141 g/mol. The molecule has 2 rings (SSSR count).